The second-order valence-electron chi connectivity index (χ2n) is 4.50. The highest BCUT2D eigenvalue weighted by atomic mass is 16.5. The lowest BCUT2D eigenvalue weighted by molar-refractivity contribution is 0.213. The fourth-order valence-electron chi connectivity index (χ4n) is 2.07. The normalized spacial score (nSPS) is 12.2. The first-order valence-corrected chi connectivity index (χ1v) is 6.52. The molecule has 1 aromatic carbocycles. The Balaban J connectivity index is 2.27. The maximum atomic E-state index is 10.4. The minimum absolute atomic E-state index is 0.515. The van der Waals surface area contributed by atoms with Crippen LogP contribution in [0.5, 0.6) is 5.88 Å². The second kappa shape index (κ2) is 6.34. The number of hydrogen-bond acceptors (Lipinski definition) is 3. The van der Waals surface area contributed by atoms with Crippen LogP contribution in [0.1, 0.15) is 36.3 Å². The van der Waals surface area contributed by atoms with Crippen LogP contribution in [-0.4, -0.2) is 17.2 Å². The van der Waals surface area contributed by atoms with Crippen molar-refractivity contribution in [3.63, 3.8) is 0 Å². The van der Waals surface area contributed by atoms with E-state index in [1.165, 1.54) is 5.56 Å². The van der Waals surface area contributed by atoms with Gasteiger partial charge in [0.25, 0.3) is 0 Å². The second-order valence-corrected chi connectivity index (χ2v) is 4.50. The van der Waals surface area contributed by atoms with Crippen LogP contribution in [0.3, 0.4) is 0 Å². The SMILES string of the molecule is CCCc1cccc(C(O)c2cccc(OC)n2)c1. The monoisotopic (exact) mass is 257 g/mol. The highest BCUT2D eigenvalue weighted by Gasteiger charge is 2.12. The molecule has 0 aliphatic carbocycles. The molecule has 1 heterocycles. The first-order valence-electron chi connectivity index (χ1n) is 6.52. The zero-order chi connectivity index (χ0) is 13.7. The molecule has 0 saturated carbocycles. The molecule has 0 amide bonds. The van der Waals surface area contributed by atoms with Gasteiger partial charge in [-0.1, -0.05) is 43.7 Å². The molecule has 19 heavy (non-hydrogen) atoms. The summed E-state index contributed by atoms with van der Waals surface area (Å²) in [6.07, 6.45) is 1.40. The third-order valence-corrected chi connectivity index (χ3v) is 3.04. The number of pyridine rings is 1. The largest absolute Gasteiger partial charge is 0.481 e. The van der Waals surface area contributed by atoms with Gasteiger partial charge in [0.1, 0.15) is 6.10 Å². The Hall–Kier alpha value is -1.87. The lowest BCUT2D eigenvalue weighted by atomic mass is 10.0. The smallest absolute Gasteiger partial charge is 0.213 e. The third-order valence-electron chi connectivity index (χ3n) is 3.04. The highest BCUT2D eigenvalue weighted by molar-refractivity contribution is 5.31. The zero-order valence-electron chi connectivity index (χ0n) is 11.3. The molecule has 1 atom stereocenters. The van der Waals surface area contributed by atoms with Gasteiger partial charge in [-0.05, 0) is 23.6 Å². The van der Waals surface area contributed by atoms with E-state index in [1.807, 2.05) is 24.3 Å². The van der Waals surface area contributed by atoms with Crippen molar-refractivity contribution >= 4 is 0 Å². The van der Waals surface area contributed by atoms with Gasteiger partial charge in [-0.2, -0.15) is 0 Å². The number of aromatic nitrogens is 1. The topological polar surface area (TPSA) is 42.4 Å². The van der Waals surface area contributed by atoms with Crippen LogP contribution in [0.2, 0.25) is 0 Å². The van der Waals surface area contributed by atoms with Gasteiger partial charge < -0.3 is 9.84 Å². The van der Waals surface area contributed by atoms with Gasteiger partial charge in [0.2, 0.25) is 5.88 Å². The van der Waals surface area contributed by atoms with E-state index in [4.69, 9.17) is 4.74 Å². The number of rotatable bonds is 5. The van der Waals surface area contributed by atoms with E-state index in [0.717, 1.165) is 18.4 Å². The van der Waals surface area contributed by atoms with Crippen molar-refractivity contribution in [3.05, 3.63) is 59.3 Å². The molecule has 0 aliphatic heterocycles. The molecule has 2 aromatic rings. The Labute approximate surface area is 113 Å². The van der Waals surface area contributed by atoms with Crippen LogP contribution < -0.4 is 4.74 Å². The lowest BCUT2D eigenvalue weighted by Gasteiger charge is -2.12. The Morgan fingerprint density at radius 1 is 1.21 bits per heavy atom. The number of aliphatic hydroxyl groups excluding tert-OH is 1. The van der Waals surface area contributed by atoms with Crippen LogP contribution in [0, 0.1) is 0 Å². The minimum atomic E-state index is -0.716. The predicted molar refractivity (Wildman–Crippen MR) is 75.3 cm³/mol. The molecule has 0 saturated heterocycles. The lowest BCUT2D eigenvalue weighted by Crippen LogP contribution is -2.03. The van der Waals surface area contributed by atoms with E-state index in [9.17, 15) is 5.11 Å². The van der Waals surface area contributed by atoms with Crippen LogP contribution in [-0.2, 0) is 6.42 Å². The van der Waals surface area contributed by atoms with Gasteiger partial charge in [0.15, 0.2) is 0 Å². The van der Waals surface area contributed by atoms with Crippen molar-refractivity contribution in [2.75, 3.05) is 7.11 Å². The molecule has 2 rings (SSSR count). The van der Waals surface area contributed by atoms with Crippen molar-refractivity contribution in [3.8, 4) is 5.88 Å². The summed E-state index contributed by atoms with van der Waals surface area (Å²) in [5, 5.41) is 10.4. The van der Waals surface area contributed by atoms with E-state index in [0.29, 0.717) is 11.6 Å². The highest BCUT2D eigenvalue weighted by Crippen LogP contribution is 2.23. The fraction of sp³-hybridized carbons (Fsp3) is 0.312. The number of hydrogen-bond donors (Lipinski definition) is 1. The molecule has 1 aromatic heterocycles. The third kappa shape index (κ3) is 3.32. The van der Waals surface area contributed by atoms with Gasteiger partial charge in [-0.25, -0.2) is 4.98 Å². The molecule has 3 nitrogen and oxygen atoms in total. The molecule has 0 aliphatic rings. The Bertz CT molecular complexity index is 540. The van der Waals surface area contributed by atoms with Crippen molar-refractivity contribution in [2.24, 2.45) is 0 Å². The molecule has 1 N–H and O–H groups in total. The maximum Gasteiger partial charge on any atom is 0.213 e. The summed E-state index contributed by atoms with van der Waals surface area (Å²) in [6.45, 7) is 2.15. The molecule has 1 unspecified atom stereocenters. The number of ether oxygens (including phenoxy) is 1. The minimum Gasteiger partial charge on any atom is -0.481 e. The van der Waals surface area contributed by atoms with Crippen LogP contribution in [0.25, 0.3) is 0 Å². The molecular weight excluding hydrogens is 238 g/mol. The molecule has 100 valence electrons. The summed E-state index contributed by atoms with van der Waals surface area (Å²) in [7, 11) is 1.57. The molecule has 0 fully saturated rings. The Morgan fingerprint density at radius 2 is 2.00 bits per heavy atom. The predicted octanol–water partition coefficient (Wildman–Crippen LogP) is 3.12. The van der Waals surface area contributed by atoms with E-state index in [2.05, 4.69) is 18.0 Å². The van der Waals surface area contributed by atoms with Crippen LogP contribution in [0.4, 0.5) is 0 Å². The number of benzene rings is 1. The molecule has 0 radical (unpaired) electrons. The van der Waals surface area contributed by atoms with Crippen molar-refractivity contribution in [1.82, 2.24) is 4.98 Å². The average Bonchev–Trinajstić information content (AvgIpc) is 2.47. The standard InChI is InChI=1S/C16H19NO2/c1-3-6-12-7-4-8-13(11-12)16(18)14-9-5-10-15(17-14)19-2/h4-5,7-11,16,18H,3,6H2,1-2H3. The number of nitrogens with zero attached hydrogens (tertiary/aromatic N) is 1. The van der Waals surface area contributed by atoms with Gasteiger partial charge in [0.05, 0.1) is 12.8 Å². The van der Waals surface area contributed by atoms with E-state index < -0.39 is 6.10 Å². The summed E-state index contributed by atoms with van der Waals surface area (Å²) < 4.78 is 5.08. The summed E-state index contributed by atoms with van der Waals surface area (Å²) in [5.41, 5.74) is 2.71. The molecular formula is C16H19NO2. The first kappa shape index (κ1) is 13.6. The van der Waals surface area contributed by atoms with E-state index >= 15 is 0 Å². The molecule has 0 spiro atoms. The van der Waals surface area contributed by atoms with Crippen molar-refractivity contribution < 1.29 is 9.84 Å². The van der Waals surface area contributed by atoms with E-state index in [1.54, 1.807) is 19.2 Å². The van der Waals surface area contributed by atoms with Crippen LogP contribution >= 0.6 is 0 Å². The fourth-order valence-corrected chi connectivity index (χ4v) is 2.07. The van der Waals surface area contributed by atoms with E-state index in [-0.39, 0.29) is 0 Å². The summed E-state index contributed by atoms with van der Waals surface area (Å²) >= 11 is 0. The van der Waals surface area contributed by atoms with Gasteiger partial charge in [-0.3, -0.25) is 0 Å². The molecule has 3 heteroatoms. The van der Waals surface area contributed by atoms with Gasteiger partial charge in [-0.15, -0.1) is 0 Å². The van der Waals surface area contributed by atoms with Crippen molar-refractivity contribution in [2.45, 2.75) is 25.9 Å². The van der Waals surface area contributed by atoms with Crippen molar-refractivity contribution in [1.29, 1.82) is 0 Å². The molecule has 0 bridgehead atoms. The Kier molecular flexibility index (Phi) is 4.53. The maximum absolute atomic E-state index is 10.4. The summed E-state index contributed by atoms with van der Waals surface area (Å²) in [4.78, 5) is 4.27. The summed E-state index contributed by atoms with van der Waals surface area (Å²) in [5.74, 6) is 0.515. The average molecular weight is 257 g/mol. The Morgan fingerprint density at radius 3 is 2.74 bits per heavy atom. The number of aliphatic hydroxyl groups is 1. The quantitative estimate of drug-likeness (QED) is 0.894. The first-order chi connectivity index (χ1) is 9.24. The number of aryl methyl sites for hydroxylation is 1. The van der Waals surface area contributed by atoms with Gasteiger partial charge >= 0.3 is 0 Å². The van der Waals surface area contributed by atoms with Crippen LogP contribution in [0.15, 0.2) is 42.5 Å². The summed E-state index contributed by atoms with van der Waals surface area (Å²) in [6, 6.07) is 13.4. The number of methoxy groups -OCH3 is 1. The zero-order valence-corrected chi connectivity index (χ0v) is 11.3. The van der Waals surface area contributed by atoms with Gasteiger partial charge in [0, 0.05) is 6.07 Å².